The van der Waals surface area contributed by atoms with E-state index >= 15 is 0 Å². The highest BCUT2D eigenvalue weighted by molar-refractivity contribution is 6.30. The van der Waals surface area contributed by atoms with Gasteiger partial charge in [0.1, 0.15) is 0 Å². The van der Waals surface area contributed by atoms with Gasteiger partial charge in [-0.05, 0) is 56.2 Å². The van der Waals surface area contributed by atoms with Gasteiger partial charge in [0.15, 0.2) is 0 Å². The van der Waals surface area contributed by atoms with Crippen molar-refractivity contribution in [3.63, 3.8) is 0 Å². The Morgan fingerprint density at radius 1 is 1.28 bits per heavy atom. The molecule has 3 atom stereocenters. The number of halogens is 1. The quantitative estimate of drug-likeness (QED) is 0.830. The van der Waals surface area contributed by atoms with Gasteiger partial charge >= 0.3 is 0 Å². The maximum Gasteiger partial charge on any atom is 0.0406 e. The first-order valence-corrected chi connectivity index (χ1v) is 7.55. The Labute approximate surface area is 116 Å². The van der Waals surface area contributed by atoms with Crippen LogP contribution < -0.4 is 5.32 Å². The number of nitrogens with one attached hydrogen (secondary N) is 1. The molecule has 2 rings (SSSR count). The fraction of sp³-hybridized carbons (Fsp3) is 0.625. The van der Waals surface area contributed by atoms with E-state index in [0.29, 0.717) is 6.04 Å². The maximum absolute atomic E-state index is 5.90. The molecule has 0 aliphatic heterocycles. The maximum atomic E-state index is 5.90. The molecule has 1 fully saturated rings. The second-order valence-electron chi connectivity index (χ2n) is 5.68. The lowest BCUT2D eigenvalue weighted by atomic mass is 10.0. The predicted octanol–water partition coefficient (Wildman–Crippen LogP) is 4.44. The molecule has 0 saturated heterocycles. The second kappa shape index (κ2) is 6.58. The van der Waals surface area contributed by atoms with Gasteiger partial charge in [-0.3, -0.25) is 0 Å². The Bertz CT molecular complexity index is 360. The monoisotopic (exact) mass is 265 g/mol. The van der Waals surface area contributed by atoms with Gasteiger partial charge in [0.05, 0.1) is 0 Å². The van der Waals surface area contributed by atoms with Crippen LogP contribution in [0.15, 0.2) is 24.3 Å². The molecule has 1 aromatic carbocycles. The van der Waals surface area contributed by atoms with Crippen LogP contribution >= 0.6 is 11.6 Å². The zero-order chi connectivity index (χ0) is 13.0. The van der Waals surface area contributed by atoms with Crippen molar-refractivity contribution in [3.8, 4) is 0 Å². The van der Waals surface area contributed by atoms with E-state index in [0.717, 1.165) is 23.4 Å². The molecular weight excluding hydrogens is 242 g/mol. The van der Waals surface area contributed by atoms with Crippen LogP contribution in [-0.4, -0.2) is 12.1 Å². The molecule has 1 aliphatic rings. The average molecular weight is 266 g/mol. The standard InChI is InChI=1S/C16H24ClN/c1-3-13-6-9-16(11-13)18-12(2)10-14-4-7-15(17)8-5-14/h4-5,7-8,12-13,16,18H,3,6,9-11H2,1-2H3. The summed E-state index contributed by atoms with van der Waals surface area (Å²) in [6.07, 6.45) is 6.54. The summed E-state index contributed by atoms with van der Waals surface area (Å²) >= 11 is 5.90. The first-order valence-electron chi connectivity index (χ1n) is 7.18. The van der Waals surface area contributed by atoms with Crippen LogP contribution in [0, 0.1) is 5.92 Å². The molecular formula is C16H24ClN. The van der Waals surface area contributed by atoms with Gasteiger partial charge in [0, 0.05) is 17.1 Å². The molecule has 0 heterocycles. The van der Waals surface area contributed by atoms with Crippen LogP contribution in [0.5, 0.6) is 0 Å². The van der Waals surface area contributed by atoms with E-state index in [1.54, 1.807) is 0 Å². The minimum absolute atomic E-state index is 0.548. The van der Waals surface area contributed by atoms with Crippen LogP contribution in [0.3, 0.4) is 0 Å². The minimum atomic E-state index is 0.548. The van der Waals surface area contributed by atoms with Crippen LogP contribution in [-0.2, 0) is 6.42 Å². The second-order valence-corrected chi connectivity index (χ2v) is 6.12. The van der Waals surface area contributed by atoms with Crippen molar-refractivity contribution in [2.75, 3.05) is 0 Å². The fourth-order valence-electron chi connectivity index (χ4n) is 3.03. The SMILES string of the molecule is CCC1CCC(NC(C)Cc2ccc(Cl)cc2)C1. The largest absolute Gasteiger partial charge is 0.311 e. The number of rotatable bonds is 5. The van der Waals surface area contributed by atoms with E-state index in [1.165, 1.54) is 31.2 Å². The van der Waals surface area contributed by atoms with Gasteiger partial charge in [0.25, 0.3) is 0 Å². The van der Waals surface area contributed by atoms with E-state index in [9.17, 15) is 0 Å². The number of hydrogen-bond donors (Lipinski definition) is 1. The van der Waals surface area contributed by atoms with Crippen LogP contribution in [0.2, 0.25) is 5.02 Å². The smallest absolute Gasteiger partial charge is 0.0406 e. The first kappa shape index (κ1) is 13.9. The van der Waals surface area contributed by atoms with Crippen molar-refractivity contribution in [2.24, 2.45) is 5.92 Å². The summed E-state index contributed by atoms with van der Waals surface area (Å²) in [4.78, 5) is 0. The molecule has 0 aromatic heterocycles. The molecule has 1 N–H and O–H groups in total. The summed E-state index contributed by atoms with van der Waals surface area (Å²) in [5, 5.41) is 4.59. The molecule has 1 aromatic rings. The average Bonchev–Trinajstić information content (AvgIpc) is 2.79. The molecule has 0 amide bonds. The van der Waals surface area contributed by atoms with E-state index in [1.807, 2.05) is 12.1 Å². The van der Waals surface area contributed by atoms with Crippen molar-refractivity contribution in [1.82, 2.24) is 5.32 Å². The Kier molecular flexibility index (Phi) is 5.08. The lowest BCUT2D eigenvalue weighted by molar-refractivity contribution is 0.428. The van der Waals surface area contributed by atoms with Crippen LogP contribution in [0.25, 0.3) is 0 Å². The van der Waals surface area contributed by atoms with Gasteiger partial charge in [-0.1, -0.05) is 37.1 Å². The summed E-state index contributed by atoms with van der Waals surface area (Å²) < 4.78 is 0. The lowest BCUT2D eigenvalue weighted by Crippen LogP contribution is -2.36. The highest BCUT2D eigenvalue weighted by Gasteiger charge is 2.23. The molecule has 2 heteroatoms. The van der Waals surface area contributed by atoms with Gasteiger partial charge in [-0.25, -0.2) is 0 Å². The van der Waals surface area contributed by atoms with Gasteiger partial charge in [-0.15, -0.1) is 0 Å². The number of hydrogen-bond acceptors (Lipinski definition) is 1. The predicted molar refractivity (Wildman–Crippen MR) is 79.2 cm³/mol. The third-order valence-corrected chi connectivity index (χ3v) is 4.35. The molecule has 1 aliphatic carbocycles. The Morgan fingerprint density at radius 3 is 2.61 bits per heavy atom. The van der Waals surface area contributed by atoms with E-state index in [-0.39, 0.29) is 0 Å². The molecule has 1 saturated carbocycles. The zero-order valence-corrected chi connectivity index (χ0v) is 12.2. The van der Waals surface area contributed by atoms with Crippen LogP contribution in [0.1, 0.15) is 45.1 Å². The van der Waals surface area contributed by atoms with Crippen LogP contribution in [0.4, 0.5) is 0 Å². The topological polar surface area (TPSA) is 12.0 Å². The third-order valence-electron chi connectivity index (χ3n) is 4.09. The molecule has 100 valence electrons. The van der Waals surface area contributed by atoms with Crippen molar-refractivity contribution >= 4 is 11.6 Å². The van der Waals surface area contributed by atoms with Gasteiger partial charge in [-0.2, -0.15) is 0 Å². The van der Waals surface area contributed by atoms with Crippen molar-refractivity contribution in [2.45, 2.75) is 58.0 Å². The Balaban J connectivity index is 1.78. The number of benzene rings is 1. The van der Waals surface area contributed by atoms with E-state index in [2.05, 4.69) is 31.3 Å². The van der Waals surface area contributed by atoms with E-state index < -0.39 is 0 Å². The Hall–Kier alpha value is -0.530. The Morgan fingerprint density at radius 2 is 2.00 bits per heavy atom. The summed E-state index contributed by atoms with van der Waals surface area (Å²) in [7, 11) is 0. The molecule has 18 heavy (non-hydrogen) atoms. The third kappa shape index (κ3) is 4.00. The van der Waals surface area contributed by atoms with Crippen molar-refractivity contribution < 1.29 is 0 Å². The molecule has 0 spiro atoms. The minimum Gasteiger partial charge on any atom is -0.311 e. The summed E-state index contributed by atoms with van der Waals surface area (Å²) in [5.41, 5.74) is 1.37. The molecule has 3 unspecified atom stereocenters. The van der Waals surface area contributed by atoms with Crippen molar-refractivity contribution in [1.29, 1.82) is 0 Å². The lowest BCUT2D eigenvalue weighted by Gasteiger charge is -2.19. The van der Waals surface area contributed by atoms with Gasteiger partial charge < -0.3 is 5.32 Å². The summed E-state index contributed by atoms with van der Waals surface area (Å²) in [6, 6.07) is 9.50. The summed E-state index contributed by atoms with van der Waals surface area (Å²) in [6.45, 7) is 4.60. The molecule has 0 radical (unpaired) electrons. The zero-order valence-electron chi connectivity index (χ0n) is 11.5. The molecule has 1 nitrogen and oxygen atoms in total. The summed E-state index contributed by atoms with van der Waals surface area (Å²) in [5.74, 6) is 0.949. The fourth-order valence-corrected chi connectivity index (χ4v) is 3.16. The highest BCUT2D eigenvalue weighted by Crippen LogP contribution is 2.28. The normalized spacial score (nSPS) is 25.3. The first-order chi connectivity index (χ1) is 8.67. The molecule has 0 bridgehead atoms. The van der Waals surface area contributed by atoms with Gasteiger partial charge in [0.2, 0.25) is 0 Å². The van der Waals surface area contributed by atoms with Crippen molar-refractivity contribution in [3.05, 3.63) is 34.9 Å². The highest BCUT2D eigenvalue weighted by atomic mass is 35.5. The van der Waals surface area contributed by atoms with E-state index in [4.69, 9.17) is 11.6 Å².